The van der Waals surface area contributed by atoms with Crippen molar-refractivity contribution in [1.29, 1.82) is 0 Å². The van der Waals surface area contributed by atoms with Gasteiger partial charge in [-0.25, -0.2) is 0 Å². The molecule has 0 amide bonds. The Balaban J connectivity index is 2.71. The minimum atomic E-state index is 0.0232. The van der Waals surface area contributed by atoms with E-state index in [1.54, 1.807) is 12.1 Å². The molecule has 3 N–H and O–H groups in total. The highest BCUT2D eigenvalue weighted by Gasteiger charge is 2.04. The summed E-state index contributed by atoms with van der Waals surface area (Å²) in [5.74, 6) is 0.267. The highest BCUT2D eigenvalue weighted by atomic mass is 79.9. The fourth-order valence-electron chi connectivity index (χ4n) is 1.60. The monoisotopic (exact) mass is 265 g/mol. The molecule has 2 nitrogen and oxygen atoms in total. The Morgan fingerprint density at radius 1 is 1.27 bits per heavy atom. The summed E-state index contributed by atoms with van der Waals surface area (Å²) in [7, 11) is 0. The highest BCUT2D eigenvalue weighted by Crippen LogP contribution is 2.30. The first kappa shape index (κ1) is 10.5. The van der Waals surface area contributed by atoms with E-state index in [0.29, 0.717) is 0 Å². The first-order valence-electron chi connectivity index (χ1n) is 4.75. The van der Waals surface area contributed by atoms with Crippen molar-refractivity contribution in [1.82, 2.24) is 0 Å². The summed E-state index contributed by atoms with van der Waals surface area (Å²) in [5.41, 5.74) is 6.91. The van der Waals surface area contributed by atoms with E-state index in [1.807, 2.05) is 25.1 Å². The number of nitrogens with two attached hydrogens (primary N) is 1. The number of hydrogen-bond acceptors (Lipinski definition) is 2. The van der Waals surface area contributed by atoms with Crippen molar-refractivity contribution in [3.8, 4) is 5.75 Å². The van der Waals surface area contributed by atoms with Gasteiger partial charge in [-0.2, -0.15) is 0 Å². The van der Waals surface area contributed by atoms with Crippen molar-refractivity contribution < 1.29 is 5.11 Å². The van der Waals surface area contributed by atoms with Gasteiger partial charge in [-0.15, -0.1) is 0 Å². The first-order valence-corrected chi connectivity index (χ1v) is 5.55. The van der Waals surface area contributed by atoms with Crippen LogP contribution in [0.3, 0.4) is 0 Å². The van der Waals surface area contributed by atoms with Crippen LogP contribution in [0.25, 0.3) is 10.8 Å². The Bertz CT molecular complexity index is 508. The Kier molecular flexibility index (Phi) is 2.67. The van der Waals surface area contributed by atoms with Crippen LogP contribution in [0.15, 0.2) is 34.8 Å². The number of benzene rings is 2. The second-order valence-electron chi connectivity index (χ2n) is 3.70. The molecule has 0 aromatic heterocycles. The third-order valence-electron chi connectivity index (χ3n) is 2.44. The molecular weight excluding hydrogens is 254 g/mol. The molecule has 2 aromatic carbocycles. The zero-order valence-corrected chi connectivity index (χ0v) is 9.95. The van der Waals surface area contributed by atoms with E-state index >= 15 is 0 Å². The van der Waals surface area contributed by atoms with Gasteiger partial charge in [0, 0.05) is 10.5 Å². The van der Waals surface area contributed by atoms with Gasteiger partial charge in [0.2, 0.25) is 0 Å². The molecule has 15 heavy (non-hydrogen) atoms. The lowest BCUT2D eigenvalue weighted by molar-refractivity contribution is 0.476. The first-order chi connectivity index (χ1) is 7.08. The molecule has 78 valence electrons. The number of rotatable bonds is 1. The molecule has 0 saturated heterocycles. The highest BCUT2D eigenvalue weighted by molar-refractivity contribution is 9.10. The van der Waals surface area contributed by atoms with Gasteiger partial charge in [-0.05, 0) is 41.5 Å². The third-order valence-corrected chi connectivity index (χ3v) is 3.09. The second kappa shape index (κ2) is 3.83. The van der Waals surface area contributed by atoms with Gasteiger partial charge in [0.1, 0.15) is 5.75 Å². The SMILES string of the molecule is CC(N)c1ccc2cc(O)cc(Br)c2c1. The molecule has 0 heterocycles. The van der Waals surface area contributed by atoms with Gasteiger partial charge in [-0.1, -0.05) is 28.1 Å². The molecule has 1 unspecified atom stereocenters. The molecule has 0 aliphatic carbocycles. The Morgan fingerprint density at radius 3 is 2.67 bits per heavy atom. The number of phenolic OH excluding ortho intramolecular Hbond substituents is 1. The van der Waals surface area contributed by atoms with Gasteiger partial charge in [0.15, 0.2) is 0 Å². The fraction of sp³-hybridized carbons (Fsp3) is 0.167. The number of hydrogen-bond donors (Lipinski definition) is 2. The average Bonchev–Trinajstić information content (AvgIpc) is 2.16. The van der Waals surface area contributed by atoms with Gasteiger partial charge in [0.05, 0.1) is 0 Å². The minimum absolute atomic E-state index is 0.0232. The summed E-state index contributed by atoms with van der Waals surface area (Å²) in [6.45, 7) is 1.95. The molecule has 1 atom stereocenters. The van der Waals surface area contributed by atoms with Crippen LogP contribution >= 0.6 is 15.9 Å². The lowest BCUT2D eigenvalue weighted by atomic mass is 10.0. The molecule has 0 saturated carbocycles. The standard InChI is InChI=1S/C12H12BrNO/c1-7(14)8-2-3-9-4-10(15)6-12(13)11(9)5-8/h2-7,15H,14H2,1H3. The topological polar surface area (TPSA) is 46.2 Å². The lowest BCUT2D eigenvalue weighted by Crippen LogP contribution is -2.04. The van der Waals surface area contributed by atoms with Crippen LogP contribution in [0.4, 0.5) is 0 Å². The quantitative estimate of drug-likeness (QED) is 0.831. The van der Waals surface area contributed by atoms with Gasteiger partial charge < -0.3 is 10.8 Å². The van der Waals surface area contributed by atoms with E-state index in [1.165, 1.54) is 0 Å². The molecular formula is C12H12BrNO. The summed E-state index contributed by atoms with van der Waals surface area (Å²) in [6.07, 6.45) is 0. The zero-order chi connectivity index (χ0) is 11.0. The van der Waals surface area contributed by atoms with Gasteiger partial charge in [-0.3, -0.25) is 0 Å². The van der Waals surface area contributed by atoms with Crippen molar-refractivity contribution in [3.63, 3.8) is 0 Å². The summed E-state index contributed by atoms with van der Waals surface area (Å²) in [5, 5.41) is 11.5. The van der Waals surface area contributed by atoms with Crippen molar-refractivity contribution in [2.45, 2.75) is 13.0 Å². The van der Waals surface area contributed by atoms with Crippen LogP contribution in [0.5, 0.6) is 5.75 Å². The predicted molar refractivity (Wildman–Crippen MR) is 65.9 cm³/mol. The molecule has 0 fully saturated rings. The average molecular weight is 266 g/mol. The molecule has 0 spiro atoms. The number of phenols is 1. The normalized spacial score (nSPS) is 13.0. The summed E-state index contributed by atoms with van der Waals surface area (Å²) in [4.78, 5) is 0. The largest absolute Gasteiger partial charge is 0.508 e. The smallest absolute Gasteiger partial charge is 0.117 e. The van der Waals surface area contributed by atoms with E-state index in [2.05, 4.69) is 15.9 Å². The number of aromatic hydroxyl groups is 1. The van der Waals surface area contributed by atoms with E-state index in [9.17, 15) is 5.11 Å². The van der Waals surface area contributed by atoms with Crippen molar-refractivity contribution >= 4 is 26.7 Å². The lowest BCUT2D eigenvalue weighted by Gasteiger charge is -2.08. The van der Waals surface area contributed by atoms with E-state index in [4.69, 9.17) is 5.73 Å². The molecule has 0 aliphatic heterocycles. The summed E-state index contributed by atoms with van der Waals surface area (Å²) < 4.78 is 0.889. The van der Waals surface area contributed by atoms with Crippen molar-refractivity contribution in [2.24, 2.45) is 5.73 Å². The van der Waals surface area contributed by atoms with Crippen LogP contribution in [-0.4, -0.2) is 5.11 Å². The molecule has 0 bridgehead atoms. The van der Waals surface area contributed by atoms with E-state index in [0.717, 1.165) is 20.8 Å². The van der Waals surface area contributed by atoms with E-state index < -0.39 is 0 Å². The molecule has 0 radical (unpaired) electrons. The van der Waals surface area contributed by atoms with Crippen molar-refractivity contribution in [2.75, 3.05) is 0 Å². The van der Waals surface area contributed by atoms with Gasteiger partial charge >= 0.3 is 0 Å². The predicted octanol–water partition coefficient (Wildman–Crippen LogP) is 3.33. The van der Waals surface area contributed by atoms with Crippen molar-refractivity contribution in [3.05, 3.63) is 40.4 Å². The molecule has 2 rings (SSSR count). The molecule has 2 aromatic rings. The van der Waals surface area contributed by atoms with E-state index in [-0.39, 0.29) is 11.8 Å². The number of fused-ring (bicyclic) bond motifs is 1. The zero-order valence-electron chi connectivity index (χ0n) is 8.37. The molecule has 3 heteroatoms. The number of halogens is 1. The Labute approximate surface area is 96.8 Å². The van der Waals surface area contributed by atoms with Crippen LogP contribution in [0, 0.1) is 0 Å². The second-order valence-corrected chi connectivity index (χ2v) is 4.55. The summed E-state index contributed by atoms with van der Waals surface area (Å²) >= 11 is 3.43. The van der Waals surface area contributed by atoms with Crippen LogP contribution < -0.4 is 5.73 Å². The fourth-order valence-corrected chi connectivity index (χ4v) is 2.18. The maximum Gasteiger partial charge on any atom is 0.117 e. The molecule has 0 aliphatic rings. The Morgan fingerprint density at radius 2 is 2.00 bits per heavy atom. The maximum atomic E-state index is 9.43. The third kappa shape index (κ3) is 1.98. The van der Waals surface area contributed by atoms with Gasteiger partial charge in [0.25, 0.3) is 0 Å². The Hall–Kier alpha value is -1.06. The maximum absolute atomic E-state index is 9.43. The minimum Gasteiger partial charge on any atom is -0.508 e. The van der Waals surface area contributed by atoms with Crippen LogP contribution in [0.1, 0.15) is 18.5 Å². The summed E-state index contributed by atoms with van der Waals surface area (Å²) in [6, 6.07) is 9.45. The van der Waals surface area contributed by atoms with Crippen LogP contribution in [-0.2, 0) is 0 Å². The van der Waals surface area contributed by atoms with Crippen LogP contribution in [0.2, 0.25) is 0 Å².